The second kappa shape index (κ2) is 13.9. The van der Waals surface area contributed by atoms with E-state index in [-0.39, 0.29) is 30.4 Å². The second-order valence-corrected chi connectivity index (χ2v) is 10.6. The molecule has 3 aromatic carbocycles. The molecule has 2 amide bonds. The summed E-state index contributed by atoms with van der Waals surface area (Å²) in [6.07, 6.45) is 1.18. The molecule has 4 N–H and O–H groups in total. The minimum atomic E-state index is -0.876. The lowest BCUT2D eigenvalue weighted by Gasteiger charge is -2.26. The van der Waals surface area contributed by atoms with Crippen molar-refractivity contribution >= 4 is 11.8 Å². The van der Waals surface area contributed by atoms with Gasteiger partial charge in [0.25, 0.3) is 11.8 Å². The number of aliphatic hydroxyl groups excluding tert-OH is 1. The zero-order valence-corrected chi connectivity index (χ0v) is 24.1. The van der Waals surface area contributed by atoms with E-state index in [1.807, 2.05) is 94.4 Å². The van der Waals surface area contributed by atoms with Crippen LogP contribution in [0.25, 0.3) is 0 Å². The number of rotatable bonds is 12. The van der Waals surface area contributed by atoms with Gasteiger partial charge < -0.3 is 25.5 Å². The number of aliphatic hydroxyl groups is 1. The quantitative estimate of drug-likeness (QED) is 0.187. The maximum Gasteiger partial charge on any atom is 0.251 e. The number of benzene rings is 3. The molecule has 0 saturated heterocycles. The highest BCUT2D eigenvalue weighted by Gasteiger charge is 2.24. The Bertz CT molecular complexity index is 1440. The molecule has 0 saturated carbocycles. The van der Waals surface area contributed by atoms with Gasteiger partial charge in [-0.15, -0.1) is 0 Å². The summed E-state index contributed by atoms with van der Waals surface area (Å²) in [6, 6.07) is 25.6. The van der Waals surface area contributed by atoms with Gasteiger partial charge in [0, 0.05) is 17.7 Å². The van der Waals surface area contributed by atoms with Crippen molar-refractivity contribution in [3.05, 3.63) is 130 Å². The van der Waals surface area contributed by atoms with Gasteiger partial charge >= 0.3 is 0 Å². The van der Waals surface area contributed by atoms with Crippen LogP contribution in [0.1, 0.15) is 74.7 Å². The molecule has 1 heterocycles. The van der Waals surface area contributed by atoms with Gasteiger partial charge in [0.05, 0.1) is 30.5 Å². The van der Waals surface area contributed by atoms with Crippen LogP contribution in [0.15, 0.2) is 95.6 Å². The van der Waals surface area contributed by atoms with Crippen LogP contribution in [0.4, 0.5) is 0 Å². The Labute approximate surface area is 242 Å². The van der Waals surface area contributed by atoms with E-state index < -0.39 is 12.1 Å². The number of carbonyl (C=O) groups excluding carboxylic acids is 2. The fourth-order valence-electron chi connectivity index (χ4n) is 4.96. The van der Waals surface area contributed by atoms with Crippen molar-refractivity contribution in [2.45, 2.75) is 58.3 Å². The second-order valence-electron chi connectivity index (χ2n) is 10.6. The summed E-state index contributed by atoms with van der Waals surface area (Å²) < 4.78 is 5.46. The number of carbonyl (C=O) groups is 2. The Morgan fingerprint density at radius 3 is 2.12 bits per heavy atom. The van der Waals surface area contributed by atoms with Crippen LogP contribution < -0.4 is 16.0 Å². The van der Waals surface area contributed by atoms with E-state index in [0.29, 0.717) is 17.5 Å². The number of furan rings is 1. The van der Waals surface area contributed by atoms with Gasteiger partial charge in [-0.05, 0) is 86.7 Å². The zero-order valence-electron chi connectivity index (χ0n) is 24.1. The first-order chi connectivity index (χ1) is 19.7. The Kier molecular flexibility index (Phi) is 10.1. The number of hydrogen-bond acceptors (Lipinski definition) is 5. The van der Waals surface area contributed by atoms with Gasteiger partial charge in [0.15, 0.2) is 0 Å². The molecular formula is C34H39N3O4. The van der Waals surface area contributed by atoms with Crippen LogP contribution in [-0.4, -0.2) is 35.6 Å². The van der Waals surface area contributed by atoms with Gasteiger partial charge in [-0.3, -0.25) is 9.59 Å². The van der Waals surface area contributed by atoms with Crippen LogP contribution in [0, 0.1) is 13.8 Å². The first-order valence-electron chi connectivity index (χ1n) is 14.0. The molecule has 7 nitrogen and oxygen atoms in total. The van der Waals surface area contributed by atoms with Gasteiger partial charge in [-0.25, -0.2) is 0 Å². The van der Waals surface area contributed by atoms with Crippen molar-refractivity contribution in [3.8, 4) is 0 Å². The fraction of sp³-hybridized carbons (Fsp3) is 0.294. The Morgan fingerprint density at radius 2 is 1.46 bits per heavy atom. The highest BCUT2D eigenvalue weighted by Crippen LogP contribution is 2.19. The molecule has 214 valence electrons. The predicted molar refractivity (Wildman–Crippen MR) is 161 cm³/mol. The molecule has 0 spiro atoms. The number of aryl methyl sites for hydroxylation is 2. The van der Waals surface area contributed by atoms with Gasteiger partial charge in [0.1, 0.15) is 5.76 Å². The molecule has 1 aromatic heterocycles. The van der Waals surface area contributed by atoms with Crippen molar-refractivity contribution in [1.29, 1.82) is 0 Å². The van der Waals surface area contributed by atoms with Crippen molar-refractivity contribution in [2.75, 3.05) is 6.54 Å². The molecule has 0 radical (unpaired) electrons. The molecule has 0 fully saturated rings. The molecule has 0 aliphatic carbocycles. The Hall–Kier alpha value is -4.20. The highest BCUT2D eigenvalue weighted by molar-refractivity contribution is 6.00. The Balaban J connectivity index is 1.48. The third kappa shape index (κ3) is 8.16. The lowest BCUT2D eigenvalue weighted by Crippen LogP contribution is -2.49. The van der Waals surface area contributed by atoms with E-state index in [1.54, 1.807) is 24.5 Å². The van der Waals surface area contributed by atoms with Gasteiger partial charge in [-0.1, -0.05) is 54.6 Å². The number of amides is 2. The van der Waals surface area contributed by atoms with E-state index in [4.69, 9.17) is 4.42 Å². The minimum absolute atomic E-state index is 0.104. The maximum atomic E-state index is 13.5. The normalized spacial score (nSPS) is 14.1. The topological polar surface area (TPSA) is 104 Å². The van der Waals surface area contributed by atoms with Gasteiger partial charge in [0.2, 0.25) is 0 Å². The van der Waals surface area contributed by atoms with E-state index >= 15 is 0 Å². The standard InChI is InChI=1S/C34H39N3O4/c1-22-17-27(33(39)36-24(3)29-14-9-8-11-23(29)2)20-28(18-22)34(40)37-30(19-26-12-6-5-7-13-26)31(38)21-35-25(4)32-15-10-16-41-32/h5-18,20,24-25,30-31,35,38H,19,21H2,1-4H3,(H,36,39)(H,37,40)/t24?,25?,30-,31+/m0/s1. The SMILES string of the molecule is Cc1cc(C(=O)NC(C)c2ccccc2C)cc(C(=O)N[C@@H](Cc2ccccc2)[C@H](O)CNC(C)c2ccco2)c1. The molecule has 4 atom stereocenters. The predicted octanol–water partition coefficient (Wildman–Crippen LogP) is 5.44. The molecule has 4 rings (SSSR count). The number of hydrogen-bond donors (Lipinski definition) is 4. The van der Waals surface area contributed by atoms with Crippen molar-refractivity contribution in [2.24, 2.45) is 0 Å². The zero-order chi connectivity index (χ0) is 29.4. The van der Waals surface area contributed by atoms with Crippen LogP contribution in [-0.2, 0) is 6.42 Å². The van der Waals surface area contributed by atoms with E-state index in [1.165, 1.54) is 0 Å². The summed E-state index contributed by atoms with van der Waals surface area (Å²) in [4.78, 5) is 26.7. The summed E-state index contributed by atoms with van der Waals surface area (Å²) in [7, 11) is 0. The lowest BCUT2D eigenvalue weighted by molar-refractivity contribution is 0.0824. The molecule has 0 bridgehead atoms. The molecule has 2 unspecified atom stereocenters. The molecule has 0 aliphatic heterocycles. The number of nitrogens with one attached hydrogen (secondary N) is 3. The van der Waals surface area contributed by atoms with E-state index in [9.17, 15) is 14.7 Å². The first-order valence-corrected chi connectivity index (χ1v) is 14.0. The van der Waals surface area contributed by atoms with Crippen molar-refractivity contribution in [3.63, 3.8) is 0 Å². The van der Waals surface area contributed by atoms with Crippen LogP contribution in [0.5, 0.6) is 0 Å². The monoisotopic (exact) mass is 553 g/mol. The third-order valence-corrected chi connectivity index (χ3v) is 7.29. The first kappa shape index (κ1) is 29.8. The van der Waals surface area contributed by atoms with Crippen molar-refractivity contribution < 1.29 is 19.1 Å². The van der Waals surface area contributed by atoms with Gasteiger partial charge in [-0.2, -0.15) is 0 Å². The molecule has 7 heteroatoms. The largest absolute Gasteiger partial charge is 0.468 e. The summed E-state index contributed by atoms with van der Waals surface area (Å²) in [5, 5.41) is 20.5. The molecule has 41 heavy (non-hydrogen) atoms. The highest BCUT2D eigenvalue weighted by atomic mass is 16.3. The third-order valence-electron chi connectivity index (χ3n) is 7.29. The average molecular weight is 554 g/mol. The lowest BCUT2D eigenvalue weighted by atomic mass is 9.99. The summed E-state index contributed by atoms with van der Waals surface area (Å²) in [5.74, 6) is 0.160. The summed E-state index contributed by atoms with van der Waals surface area (Å²) >= 11 is 0. The molecule has 0 aliphatic rings. The smallest absolute Gasteiger partial charge is 0.251 e. The fourth-order valence-corrected chi connectivity index (χ4v) is 4.96. The van der Waals surface area contributed by atoms with E-state index in [2.05, 4.69) is 16.0 Å². The molecular weight excluding hydrogens is 514 g/mol. The maximum absolute atomic E-state index is 13.5. The summed E-state index contributed by atoms with van der Waals surface area (Å²) in [5.41, 5.74) is 4.69. The Morgan fingerprint density at radius 1 is 0.805 bits per heavy atom. The summed E-state index contributed by atoms with van der Waals surface area (Å²) in [6.45, 7) is 8.02. The van der Waals surface area contributed by atoms with Crippen LogP contribution in [0.2, 0.25) is 0 Å². The molecule has 4 aromatic rings. The van der Waals surface area contributed by atoms with Crippen molar-refractivity contribution in [1.82, 2.24) is 16.0 Å². The average Bonchev–Trinajstić information content (AvgIpc) is 3.51. The van der Waals surface area contributed by atoms with Crippen LogP contribution >= 0.6 is 0 Å². The van der Waals surface area contributed by atoms with Crippen LogP contribution in [0.3, 0.4) is 0 Å². The minimum Gasteiger partial charge on any atom is -0.468 e. The van der Waals surface area contributed by atoms with E-state index in [0.717, 1.165) is 28.0 Å².